The molecule has 0 aliphatic carbocycles. The molecule has 0 saturated heterocycles. The molecule has 0 aliphatic heterocycles. The normalized spacial score (nSPS) is 8.80. The Kier molecular flexibility index (Phi) is 7.18. The lowest BCUT2D eigenvalue weighted by Crippen LogP contribution is -1.90. The summed E-state index contributed by atoms with van der Waals surface area (Å²) < 4.78 is 9.02. The van der Waals surface area contributed by atoms with E-state index < -0.39 is 0 Å². The molecule has 0 fully saturated rings. The van der Waals surface area contributed by atoms with Crippen molar-refractivity contribution in [3.63, 3.8) is 0 Å². The minimum atomic E-state index is -0.245. The Balaban J connectivity index is 0.000000336. The van der Waals surface area contributed by atoms with E-state index in [9.17, 15) is 4.79 Å². The summed E-state index contributed by atoms with van der Waals surface area (Å²) in [7, 11) is 3.02. The predicted molar refractivity (Wildman–Crippen MR) is 57.4 cm³/mol. The third-order valence-electron chi connectivity index (χ3n) is 1.55. The van der Waals surface area contributed by atoms with Gasteiger partial charge >= 0.3 is 5.97 Å². The van der Waals surface area contributed by atoms with Crippen LogP contribution >= 0.6 is 0 Å². The van der Waals surface area contributed by atoms with E-state index >= 15 is 0 Å². The van der Waals surface area contributed by atoms with E-state index in [4.69, 9.17) is 4.74 Å². The number of hydrogen-bond acceptors (Lipinski definition) is 4. The maximum absolute atomic E-state index is 9.59. The summed E-state index contributed by atoms with van der Waals surface area (Å²) in [6.45, 7) is 3.98. The number of aromatic nitrogens is 1. The molecule has 0 radical (unpaired) electrons. The van der Waals surface area contributed by atoms with Gasteiger partial charge < -0.3 is 9.47 Å². The zero-order valence-electron chi connectivity index (χ0n) is 9.61. The zero-order chi connectivity index (χ0) is 11.7. The molecule has 0 aliphatic rings. The van der Waals surface area contributed by atoms with E-state index in [1.807, 2.05) is 25.3 Å². The summed E-state index contributed by atoms with van der Waals surface area (Å²) in [6.07, 6.45) is 1.84. The van der Waals surface area contributed by atoms with Gasteiger partial charge in [0.15, 0.2) is 0 Å². The van der Waals surface area contributed by atoms with Crippen molar-refractivity contribution in [1.82, 2.24) is 4.98 Å². The molecule has 15 heavy (non-hydrogen) atoms. The number of esters is 1. The van der Waals surface area contributed by atoms with Crippen LogP contribution in [-0.2, 0) is 20.9 Å². The third kappa shape index (κ3) is 7.64. The highest BCUT2D eigenvalue weighted by Crippen LogP contribution is 1.98. The van der Waals surface area contributed by atoms with Gasteiger partial charge in [0.1, 0.15) is 0 Å². The van der Waals surface area contributed by atoms with Crippen molar-refractivity contribution in [2.75, 3.05) is 14.2 Å². The van der Waals surface area contributed by atoms with Crippen LogP contribution in [-0.4, -0.2) is 25.2 Å². The predicted octanol–water partition coefficient (Wildman–Crippen LogP) is 1.72. The Hall–Kier alpha value is -1.42. The number of ether oxygens (including phenoxy) is 2. The Morgan fingerprint density at radius 3 is 2.33 bits per heavy atom. The monoisotopic (exact) mass is 211 g/mol. The SMILES string of the molecule is COC(C)=O.COCc1ccc(C)cn1. The van der Waals surface area contributed by atoms with Crippen molar-refractivity contribution in [1.29, 1.82) is 0 Å². The third-order valence-corrected chi connectivity index (χ3v) is 1.55. The minimum absolute atomic E-state index is 0.245. The molecule has 1 aromatic heterocycles. The van der Waals surface area contributed by atoms with Gasteiger partial charge in [-0.2, -0.15) is 0 Å². The van der Waals surface area contributed by atoms with Crippen molar-refractivity contribution >= 4 is 5.97 Å². The van der Waals surface area contributed by atoms with Crippen molar-refractivity contribution in [3.05, 3.63) is 29.6 Å². The Labute approximate surface area is 90.2 Å². The van der Waals surface area contributed by atoms with Crippen LogP contribution in [0.5, 0.6) is 0 Å². The summed E-state index contributed by atoms with van der Waals surface area (Å²) >= 11 is 0. The summed E-state index contributed by atoms with van der Waals surface area (Å²) in [4.78, 5) is 13.7. The number of aryl methyl sites for hydroxylation is 1. The first kappa shape index (κ1) is 13.6. The first-order valence-corrected chi connectivity index (χ1v) is 4.55. The van der Waals surface area contributed by atoms with Gasteiger partial charge in [0.25, 0.3) is 0 Å². The molecule has 0 N–H and O–H groups in total. The van der Waals surface area contributed by atoms with E-state index in [-0.39, 0.29) is 5.97 Å². The highest BCUT2D eigenvalue weighted by Gasteiger charge is 1.89. The Morgan fingerprint density at radius 1 is 1.40 bits per heavy atom. The van der Waals surface area contributed by atoms with E-state index in [1.165, 1.54) is 19.6 Å². The number of hydrogen-bond donors (Lipinski definition) is 0. The van der Waals surface area contributed by atoms with Crippen LogP contribution in [0.15, 0.2) is 18.3 Å². The summed E-state index contributed by atoms with van der Waals surface area (Å²) in [6, 6.07) is 4.00. The van der Waals surface area contributed by atoms with Crippen LogP contribution in [0.4, 0.5) is 0 Å². The molecule has 1 aromatic rings. The lowest BCUT2D eigenvalue weighted by molar-refractivity contribution is -0.137. The number of pyridine rings is 1. The van der Waals surface area contributed by atoms with Crippen molar-refractivity contribution in [2.24, 2.45) is 0 Å². The molecule has 0 bridgehead atoms. The zero-order valence-corrected chi connectivity index (χ0v) is 9.61. The second kappa shape index (κ2) is 7.94. The fourth-order valence-electron chi connectivity index (χ4n) is 0.732. The highest BCUT2D eigenvalue weighted by molar-refractivity contribution is 5.65. The second-order valence-corrected chi connectivity index (χ2v) is 2.96. The average molecular weight is 211 g/mol. The van der Waals surface area contributed by atoms with Crippen LogP contribution in [0.25, 0.3) is 0 Å². The van der Waals surface area contributed by atoms with Gasteiger partial charge in [0.05, 0.1) is 19.4 Å². The van der Waals surface area contributed by atoms with Crippen LogP contribution < -0.4 is 0 Å². The first-order chi connectivity index (χ1) is 7.10. The maximum Gasteiger partial charge on any atom is 0.302 e. The number of methoxy groups -OCH3 is 2. The standard InChI is InChI=1S/C8H11NO.C3H6O2/c1-7-3-4-8(6-10-2)9-5-7;1-3(4)5-2/h3-5H,6H2,1-2H3;1-2H3. The first-order valence-electron chi connectivity index (χ1n) is 4.55. The minimum Gasteiger partial charge on any atom is -0.469 e. The van der Waals surface area contributed by atoms with Crippen LogP contribution in [0.2, 0.25) is 0 Å². The smallest absolute Gasteiger partial charge is 0.302 e. The molecule has 0 atom stereocenters. The highest BCUT2D eigenvalue weighted by atomic mass is 16.5. The summed E-state index contributed by atoms with van der Waals surface area (Å²) in [5.41, 5.74) is 2.16. The molecule has 0 unspecified atom stereocenters. The van der Waals surface area contributed by atoms with Gasteiger partial charge in [0.2, 0.25) is 0 Å². The van der Waals surface area contributed by atoms with Gasteiger partial charge in [0, 0.05) is 20.2 Å². The number of nitrogens with zero attached hydrogens (tertiary/aromatic N) is 1. The lowest BCUT2D eigenvalue weighted by atomic mass is 10.3. The van der Waals surface area contributed by atoms with E-state index in [2.05, 4.69) is 9.72 Å². The maximum atomic E-state index is 9.59. The fraction of sp³-hybridized carbons (Fsp3) is 0.455. The van der Waals surface area contributed by atoms with Crippen LogP contribution in [0.1, 0.15) is 18.2 Å². The quantitative estimate of drug-likeness (QED) is 0.699. The molecule has 0 amide bonds. The number of rotatable bonds is 2. The molecule has 0 saturated carbocycles. The molecule has 1 heterocycles. The number of carbonyl (C=O) groups is 1. The van der Waals surface area contributed by atoms with Crippen molar-refractivity contribution in [3.8, 4) is 0 Å². The summed E-state index contributed by atoms with van der Waals surface area (Å²) in [5, 5.41) is 0. The molecule has 0 spiro atoms. The van der Waals surface area contributed by atoms with Gasteiger partial charge in [-0.25, -0.2) is 0 Å². The molecular formula is C11H17NO3. The summed E-state index contributed by atoms with van der Waals surface area (Å²) in [5.74, 6) is -0.245. The van der Waals surface area contributed by atoms with E-state index in [1.54, 1.807) is 7.11 Å². The van der Waals surface area contributed by atoms with E-state index in [0.29, 0.717) is 6.61 Å². The number of carbonyl (C=O) groups excluding carboxylic acids is 1. The molecule has 1 rings (SSSR count). The van der Waals surface area contributed by atoms with E-state index in [0.717, 1.165) is 5.69 Å². The van der Waals surface area contributed by atoms with Crippen molar-refractivity contribution < 1.29 is 14.3 Å². The second-order valence-electron chi connectivity index (χ2n) is 2.96. The van der Waals surface area contributed by atoms with Gasteiger partial charge in [-0.15, -0.1) is 0 Å². The van der Waals surface area contributed by atoms with Crippen molar-refractivity contribution in [2.45, 2.75) is 20.5 Å². The molecular weight excluding hydrogens is 194 g/mol. The molecule has 4 heteroatoms. The molecule has 0 aromatic carbocycles. The Bertz CT molecular complexity index is 282. The fourth-order valence-corrected chi connectivity index (χ4v) is 0.732. The topological polar surface area (TPSA) is 48.4 Å². The van der Waals surface area contributed by atoms with Gasteiger partial charge in [-0.05, 0) is 18.6 Å². The van der Waals surface area contributed by atoms with Crippen LogP contribution in [0.3, 0.4) is 0 Å². The molecule has 4 nitrogen and oxygen atoms in total. The Morgan fingerprint density at radius 2 is 2.00 bits per heavy atom. The van der Waals surface area contributed by atoms with Crippen LogP contribution in [0, 0.1) is 6.92 Å². The molecule has 84 valence electrons. The van der Waals surface area contributed by atoms with Gasteiger partial charge in [-0.1, -0.05) is 6.07 Å². The van der Waals surface area contributed by atoms with Gasteiger partial charge in [-0.3, -0.25) is 9.78 Å². The lowest BCUT2D eigenvalue weighted by Gasteiger charge is -1.97. The average Bonchev–Trinajstić information content (AvgIpc) is 2.23. The largest absolute Gasteiger partial charge is 0.469 e.